The van der Waals surface area contributed by atoms with Gasteiger partial charge < -0.3 is 9.80 Å². The number of anilines is 2. The zero-order valence-electron chi connectivity index (χ0n) is 29.1. The Balaban J connectivity index is 1.98. The van der Waals surface area contributed by atoms with E-state index in [9.17, 15) is 19.2 Å². The van der Waals surface area contributed by atoms with Gasteiger partial charge in [0.25, 0.3) is 0 Å². The molecule has 0 unspecified atom stereocenters. The number of imide groups is 2. The molecule has 0 saturated carbocycles. The summed E-state index contributed by atoms with van der Waals surface area (Å²) in [6.45, 7) is 19.8. The van der Waals surface area contributed by atoms with Gasteiger partial charge in [-0.3, -0.25) is 38.8 Å². The molecule has 1 aromatic rings. The first-order valence-corrected chi connectivity index (χ1v) is 15.5. The Morgan fingerprint density at radius 1 is 0.614 bits per heavy atom. The van der Waals surface area contributed by atoms with Crippen LogP contribution in [0.15, 0.2) is 0 Å². The molecule has 2 fully saturated rings. The van der Waals surface area contributed by atoms with Gasteiger partial charge in [0.15, 0.2) is 0 Å². The highest BCUT2D eigenvalue weighted by molar-refractivity contribution is 6.07. The van der Waals surface area contributed by atoms with Crippen molar-refractivity contribution in [2.45, 2.75) is 104 Å². The molecule has 44 heavy (non-hydrogen) atoms. The zero-order valence-corrected chi connectivity index (χ0v) is 29.1. The van der Waals surface area contributed by atoms with Crippen LogP contribution in [0, 0.1) is 6.92 Å². The van der Waals surface area contributed by atoms with Gasteiger partial charge in [-0.25, -0.2) is 0 Å². The molecule has 13 heteroatoms. The maximum absolute atomic E-state index is 13.6. The van der Waals surface area contributed by atoms with Crippen molar-refractivity contribution in [3.05, 3.63) is 5.82 Å². The lowest BCUT2D eigenvalue weighted by Crippen LogP contribution is -2.73. The standard InChI is InChI=1S/C31H53N9O4/c1-14-15-16-35(11)26-32-21(2)33-27(34-26)38(17-19-39-22(41)28(3,4)36(12)29(5,6)23(39)42)18-20-40-24(43)30(7,8)37(13)31(9,10)25(40)44/h14-20H2,1-13H3. The summed E-state index contributed by atoms with van der Waals surface area (Å²) in [4.78, 5) is 78.2. The largest absolute Gasteiger partial charge is 0.344 e. The molecule has 2 aliphatic heterocycles. The first-order valence-electron chi connectivity index (χ1n) is 15.5. The second-order valence-corrected chi connectivity index (χ2v) is 14.1. The van der Waals surface area contributed by atoms with Crippen molar-refractivity contribution in [1.82, 2.24) is 34.6 Å². The molecule has 4 amide bonds. The minimum absolute atomic E-state index is 0.0890. The predicted octanol–water partition coefficient (Wildman–Crippen LogP) is 1.94. The zero-order chi connectivity index (χ0) is 33.6. The lowest BCUT2D eigenvalue weighted by atomic mass is 9.87. The smallest absolute Gasteiger partial charge is 0.249 e. The molecular weight excluding hydrogens is 562 g/mol. The first kappa shape index (κ1) is 35.3. The van der Waals surface area contributed by atoms with Crippen LogP contribution >= 0.6 is 0 Å². The van der Waals surface area contributed by atoms with E-state index < -0.39 is 22.2 Å². The van der Waals surface area contributed by atoms with Gasteiger partial charge in [-0.2, -0.15) is 15.0 Å². The Morgan fingerprint density at radius 3 is 1.34 bits per heavy atom. The van der Waals surface area contributed by atoms with Crippen molar-refractivity contribution < 1.29 is 19.2 Å². The Morgan fingerprint density at radius 2 is 0.977 bits per heavy atom. The molecule has 0 aliphatic carbocycles. The lowest BCUT2D eigenvalue weighted by molar-refractivity contribution is -0.172. The van der Waals surface area contributed by atoms with E-state index >= 15 is 0 Å². The van der Waals surface area contributed by atoms with Crippen LogP contribution in [0.5, 0.6) is 0 Å². The van der Waals surface area contributed by atoms with Crippen LogP contribution in [-0.2, 0) is 19.2 Å². The second kappa shape index (κ2) is 12.3. The number of hydrogen-bond donors (Lipinski definition) is 0. The van der Waals surface area contributed by atoms with Gasteiger partial charge in [-0.15, -0.1) is 0 Å². The third-order valence-corrected chi connectivity index (χ3v) is 9.81. The summed E-state index contributed by atoms with van der Waals surface area (Å²) in [6.07, 6.45) is 1.99. The number of rotatable bonds is 11. The number of carbonyl (C=O) groups excluding carboxylic acids is 4. The molecule has 1 aromatic heterocycles. The Kier molecular flexibility index (Phi) is 9.87. The van der Waals surface area contributed by atoms with Crippen LogP contribution in [0.25, 0.3) is 0 Å². The summed E-state index contributed by atoms with van der Waals surface area (Å²) >= 11 is 0. The summed E-state index contributed by atoms with van der Waals surface area (Å²) in [5.74, 6) is 0.229. The average Bonchev–Trinajstić information content (AvgIpc) is 2.95. The van der Waals surface area contributed by atoms with Crippen LogP contribution in [0.4, 0.5) is 11.9 Å². The number of carbonyl (C=O) groups is 4. The van der Waals surface area contributed by atoms with E-state index in [4.69, 9.17) is 4.98 Å². The van der Waals surface area contributed by atoms with E-state index in [-0.39, 0.29) is 49.8 Å². The highest BCUT2D eigenvalue weighted by Gasteiger charge is 2.55. The summed E-state index contributed by atoms with van der Waals surface area (Å²) in [7, 11) is 5.50. The maximum Gasteiger partial charge on any atom is 0.249 e. The quantitative estimate of drug-likeness (QED) is 0.339. The molecule has 0 N–H and O–H groups in total. The van der Waals surface area contributed by atoms with E-state index in [1.54, 1.807) is 30.8 Å². The van der Waals surface area contributed by atoms with E-state index in [2.05, 4.69) is 16.9 Å². The number of nitrogens with zero attached hydrogens (tertiary/aromatic N) is 9. The van der Waals surface area contributed by atoms with Crippen molar-refractivity contribution >= 4 is 35.5 Å². The van der Waals surface area contributed by atoms with Crippen molar-refractivity contribution in [1.29, 1.82) is 0 Å². The molecule has 0 aromatic carbocycles. The molecule has 246 valence electrons. The Bertz CT molecular complexity index is 1170. The van der Waals surface area contributed by atoms with Crippen LogP contribution in [0.1, 0.15) is 81.0 Å². The highest BCUT2D eigenvalue weighted by Crippen LogP contribution is 2.34. The fourth-order valence-corrected chi connectivity index (χ4v) is 5.90. The Labute approximate surface area is 263 Å². The lowest BCUT2D eigenvalue weighted by Gasteiger charge is -2.52. The molecule has 0 atom stereocenters. The van der Waals surface area contributed by atoms with Crippen molar-refractivity contribution in [2.24, 2.45) is 0 Å². The molecule has 13 nitrogen and oxygen atoms in total. The van der Waals surface area contributed by atoms with Crippen LogP contribution in [-0.4, -0.2) is 134 Å². The van der Waals surface area contributed by atoms with Crippen LogP contribution < -0.4 is 9.80 Å². The molecular formula is C31H53N9O4. The fraction of sp³-hybridized carbons (Fsp3) is 0.774. The third kappa shape index (κ3) is 6.17. The van der Waals surface area contributed by atoms with Gasteiger partial charge in [0.1, 0.15) is 5.82 Å². The monoisotopic (exact) mass is 615 g/mol. The van der Waals surface area contributed by atoms with Gasteiger partial charge in [0.05, 0.1) is 22.2 Å². The molecule has 3 rings (SSSR count). The predicted molar refractivity (Wildman–Crippen MR) is 170 cm³/mol. The summed E-state index contributed by atoms with van der Waals surface area (Å²) in [5.41, 5.74) is -3.57. The number of piperazine rings is 2. The van der Waals surface area contributed by atoms with Gasteiger partial charge in [0, 0.05) is 39.8 Å². The maximum atomic E-state index is 13.6. The number of likely N-dealkylation sites (N-methyl/N-ethyl adjacent to an activating group) is 2. The topological polar surface area (TPSA) is 126 Å². The summed E-state index contributed by atoms with van der Waals surface area (Å²) < 4.78 is 0. The third-order valence-electron chi connectivity index (χ3n) is 9.81. The first-order chi connectivity index (χ1) is 20.1. The summed E-state index contributed by atoms with van der Waals surface area (Å²) in [6, 6.07) is 0. The minimum atomic E-state index is -0.892. The highest BCUT2D eigenvalue weighted by atomic mass is 16.2. The molecule has 0 bridgehead atoms. The van der Waals surface area contributed by atoms with Crippen molar-refractivity contribution in [3.63, 3.8) is 0 Å². The van der Waals surface area contributed by atoms with Crippen molar-refractivity contribution in [2.75, 3.05) is 63.7 Å². The van der Waals surface area contributed by atoms with Gasteiger partial charge in [0.2, 0.25) is 35.5 Å². The van der Waals surface area contributed by atoms with E-state index in [1.807, 2.05) is 72.2 Å². The number of amides is 4. The number of aromatic nitrogens is 3. The molecule has 2 aliphatic rings. The van der Waals surface area contributed by atoms with E-state index in [0.717, 1.165) is 19.4 Å². The molecule has 2 saturated heterocycles. The van der Waals surface area contributed by atoms with Gasteiger partial charge in [-0.1, -0.05) is 13.3 Å². The number of hydrogen-bond acceptors (Lipinski definition) is 11. The van der Waals surface area contributed by atoms with Crippen LogP contribution in [0.3, 0.4) is 0 Å². The molecule has 0 radical (unpaired) electrons. The van der Waals surface area contributed by atoms with Gasteiger partial charge >= 0.3 is 0 Å². The second-order valence-electron chi connectivity index (χ2n) is 14.1. The fourth-order valence-electron chi connectivity index (χ4n) is 5.90. The molecule has 0 spiro atoms. The normalized spacial score (nSPS) is 21.7. The average molecular weight is 616 g/mol. The molecule has 3 heterocycles. The van der Waals surface area contributed by atoms with E-state index in [0.29, 0.717) is 17.7 Å². The summed E-state index contributed by atoms with van der Waals surface area (Å²) in [5, 5.41) is 0. The van der Waals surface area contributed by atoms with Gasteiger partial charge in [-0.05, 0) is 82.8 Å². The van der Waals surface area contributed by atoms with E-state index in [1.165, 1.54) is 9.80 Å². The number of aryl methyl sites for hydroxylation is 1. The minimum Gasteiger partial charge on any atom is -0.344 e. The number of unbranched alkanes of at least 4 members (excludes halogenated alkanes) is 1. The SMILES string of the molecule is CCCCN(C)c1nc(C)nc(N(CCN2C(=O)C(C)(C)N(C)C(C)(C)C2=O)CCN2C(=O)C(C)(C)N(C)C(C)(C)C2=O)n1. The van der Waals surface area contributed by atoms with Crippen LogP contribution in [0.2, 0.25) is 0 Å². The van der Waals surface area contributed by atoms with Crippen molar-refractivity contribution in [3.8, 4) is 0 Å². The Hall–Kier alpha value is -3.19.